The fourth-order valence-corrected chi connectivity index (χ4v) is 4.21. The number of hydrogen-bond acceptors (Lipinski definition) is 5. The van der Waals surface area contributed by atoms with Crippen LogP contribution in [0.15, 0.2) is 71.1 Å². The third-order valence-electron chi connectivity index (χ3n) is 4.68. The summed E-state index contributed by atoms with van der Waals surface area (Å²) in [5.74, 6) is 1.16. The summed E-state index contributed by atoms with van der Waals surface area (Å²) in [5, 5.41) is 18.6. The Kier molecular flexibility index (Phi) is 3.28. The molecule has 1 N–H and O–H groups in total. The Bertz CT molecular complexity index is 935. The van der Waals surface area contributed by atoms with Gasteiger partial charge in [-0.25, -0.2) is 5.01 Å². The number of ether oxygens (including phenoxy) is 1. The van der Waals surface area contributed by atoms with Crippen molar-refractivity contribution in [3.05, 3.63) is 82.0 Å². The van der Waals surface area contributed by atoms with Crippen LogP contribution < -0.4 is 4.74 Å². The lowest BCUT2D eigenvalue weighted by Gasteiger charge is -2.38. The van der Waals surface area contributed by atoms with Crippen molar-refractivity contribution in [2.75, 3.05) is 0 Å². The number of hydrogen-bond donors (Lipinski definition) is 1. The summed E-state index contributed by atoms with van der Waals surface area (Å²) in [6.07, 6.45) is 0.577. The van der Waals surface area contributed by atoms with Crippen molar-refractivity contribution in [1.82, 2.24) is 5.01 Å². The van der Waals surface area contributed by atoms with Crippen LogP contribution in [-0.2, 0) is 0 Å². The lowest BCUT2D eigenvalue weighted by Crippen LogP contribution is -2.33. The molecule has 25 heavy (non-hydrogen) atoms. The van der Waals surface area contributed by atoms with Gasteiger partial charge in [0.25, 0.3) is 0 Å². The van der Waals surface area contributed by atoms with Crippen LogP contribution in [0.25, 0.3) is 0 Å². The van der Waals surface area contributed by atoms with Gasteiger partial charge in [-0.1, -0.05) is 24.3 Å². The number of rotatable bonds is 2. The summed E-state index contributed by atoms with van der Waals surface area (Å²) in [6.45, 7) is 0. The van der Waals surface area contributed by atoms with Crippen LogP contribution >= 0.6 is 11.3 Å². The third-order valence-corrected chi connectivity index (χ3v) is 5.60. The van der Waals surface area contributed by atoms with Crippen LogP contribution in [0.4, 0.5) is 0 Å². The van der Waals surface area contributed by atoms with Gasteiger partial charge in [0.15, 0.2) is 0 Å². The lowest BCUT2D eigenvalue weighted by atomic mass is 9.98. The number of phenolic OH excluding ortho intramolecular Hbond substituents is 1. The molecule has 5 heteroatoms. The molecule has 124 valence electrons. The minimum absolute atomic E-state index is 0.167. The molecule has 0 spiro atoms. The predicted molar refractivity (Wildman–Crippen MR) is 98.0 cm³/mol. The van der Waals surface area contributed by atoms with Crippen molar-refractivity contribution in [3.63, 3.8) is 0 Å². The van der Waals surface area contributed by atoms with Gasteiger partial charge in [-0.05, 0) is 41.8 Å². The SMILES string of the molecule is Oc1ccc([C@@H]2Oc3ccccc3[C@H]3CC(c4cccs4)=NN32)cc1. The van der Waals surface area contributed by atoms with Gasteiger partial charge in [0, 0.05) is 17.5 Å². The second-order valence-electron chi connectivity index (χ2n) is 6.22. The Morgan fingerprint density at radius 3 is 2.68 bits per heavy atom. The van der Waals surface area contributed by atoms with Crippen LogP contribution in [0.5, 0.6) is 11.5 Å². The smallest absolute Gasteiger partial charge is 0.213 e. The standard InChI is InChI=1S/C20H16N2O2S/c23-14-9-7-13(8-10-14)20-22-17(15-4-1-2-5-18(15)24-20)12-16(21-22)19-6-3-11-25-19/h1-11,17,20,23H,12H2/t17-,20+/m1/s1. The summed E-state index contributed by atoms with van der Waals surface area (Å²) >= 11 is 1.71. The normalized spacial score (nSPS) is 21.3. The molecule has 0 saturated carbocycles. The van der Waals surface area contributed by atoms with E-state index >= 15 is 0 Å². The number of thiophene rings is 1. The molecule has 3 aromatic rings. The van der Waals surface area contributed by atoms with E-state index in [0.717, 1.165) is 23.4 Å². The topological polar surface area (TPSA) is 45.1 Å². The molecule has 2 aromatic carbocycles. The van der Waals surface area contributed by atoms with Gasteiger partial charge in [-0.2, -0.15) is 5.10 Å². The number of benzene rings is 2. The van der Waals surface area contributed by atoms with Gasteiger partial charge in [-0.3, -0.25) is 0 Å². The molecule has 2 aliphatic heterocycles. The molecule has 0 saturated heterocycles. The Hall–Kier alpha value is -2.79. The Labute approximate surface area is 149 Å². The fraction of sp³-hybridized carbons (Fsp3) is 0.150. The molecule has 5 rings (SSSR count). The zero-order chi connectivity index (χ0) is 16.8. The van der Waals surface area contributed by atoms with Crippen LogP contribution in [0.3, 0.4) is 0 Å². The molecule has 1 aromatic heterocycles. The van der Waals surface area contributed by atoms with Crippen LogP contribution in [-0.4, -0.2) is 15.8 Å². The molecule has 0 bridgehead atoms. The highest BCUT2D eigenvalue weighted by Gasteiger charge is 2.40. The van der Waals surface area contributed by atoms with Crippen molar-refractivity contribution >= 4 is 17.0 Å². The third kappa shape index (κ3) is 2.39. The first-order valence-electron chi connectivity index (χ1n) is 8.24. The van der Waals surface area contributed by atoms with E-state index in [9.17, 15) is 5.11 Å². The van der Waals surface area contributed by atoms with Gasteiger partial charge in [0.05, 0.1) is 16.6 Å². The zero-order valence-electron chi connectivity index (χ0n) is 13.4. The molecule has 3 heterocycles. The maximum absolute atomic E-state index is 9.59. The summed E-state index contributed by atoms with van der Waals surface area (Å²) in [6, 6.07) is 19.7. The molecule has 0 unspecified atom stereocenters. The fourth-order valence-electron chi connectivity index (χ4n) is 3.48. The number of nitrogens with zero attached hydrogens (tertiary/aromatic N) is 2. The minimum atomic E-state index is -0.294. The van der Waals surface area contributed by atoms with E-state index in [1.54, 1.807) is 23.5 Å². The summed E-state index contributed by atoms with van der Waals surface area (Å²) in [5.41, 5.74) is 3.25. The van der Waals surface area contributed by atoms with E-state index < -0.39 is 0 Å². The van der Waals surface area contributed by atoms with E-state index in [4.69, 9.17) is 9.84 Å². The van der Waals surface area contributed by atoms with Gasteiger partial charge in [-0.15, -0.1) is 11.3 Å². The largest absolute Gasteiger partial charge is 0.508 e. The maximum atomic E-state index is 9.59. The molecule has 2 atom stereocenters. The second kappa shape index (κ2) is 5.63. The lowest BCUT2D eigenvalue weighted by molar-refractivity contribution is -0.0190. The summed E-state index contributed by atoms with van der Waals surface area (Å²) in [4.78, 5) is 1.20. The number of para-hydroxylation sites is 1. The van der Waals surface area contributed by atoms with Crippen molar-refractivity contribution in [2.24, 2.45) is 5.10 Å². The number of phenols is 1. The van der Waals surface area contributed by atoms with Crippen LogP contribution in [0, 0.1) is 0 Å². The molecule has 0 aliphatic carbocycles. The first-order chi connectivity index (χ1) is 12.3. The number of hydrazone groups is 1. The van der Waals surface area contributed by atoms with Gasteiger partial charge in [0.1, 0.15) is 11.5 Å². The Balaban J connectivity index is 1.60. The molecule has 0 fully saturated rings. The monoisotopic (exact) mass is 348 g/mol. The van der Waals surface area contributed by atoms with Crippen molar-refractivity contribution in [1.29, 1.82) is 0 Å². The van der Waals surface area contributed by atoms with Crippen molar-refractivity contribution in [3.8, 4) is 11.5 Å². The van der Waals surface area contributed by atoms with Gasteiger partial charge in [0.2, 0.25) is 6.23 Å². The number of aromatic hydroxyl groups is 1. The van der Waals surface area contributed by atoms with Gasteiger partial charge >= 0.3 is 0 Å². The van der Waals surface area contributed by atoms with Crippen LogP contribution in [0.1, 0.15) is 34.7 Å². The molecule has 0 radical (unpaired) electrons. The molecule has 4 nitrogen and oxygen atoms in total. The predicted octanol–water partition coefficient (Wildman–Crippen LogP) is 4.70. The maximum Gasteiger partial charge on any atom is 0.213 e. The molecule has 0 amide bonds. The number of fused-ring (bicyclic) bond motifs is 3. The quantitative estimate of drug-likeness (QED) is 0.730. The summed E-state index contributed by atoms with van der Waals surface area (Å²) in [7, 11) is 0. The zero-order valence-corrected chi connectivity index (χ0v) is 14.2. The Morgan fingerprint density at radius 1 is 1.04 bits per heavy atom. The molecular formula is C20H16N2O2S. The average Bonchev–Trinajstić information content (AvgIpc) is 3.31. The van der Waals surface area contributed by atoms with Crippen molar-refractivity contribution in [2.45, 2.75) is 18.7 Å². The average molecular weight is 348 g/mol. The Morgan fingerprint density at radius 2 is 1.88 bits per heavy atom. The van der Waals surface area contributed by atoms with E-state index in [1.165, 1.54) is 10.4 Å². The first-order valence-corrected chi connectivity index (χ1v) is 9.12. The van der Waals surface area contributed by atoms with Crippen LogP contribution in [0.2, 0.25) is 0 Å². The first kappa shape index (κ1) is 14.5. The second-order valence-corrected chi connectivity index (χ2v) is 7.17. The highest BCUT2D eigenvalue weighted by molar-refractivity contribution is 7.12. The highest BCUT2D eigenvalue weighted by atomic mass is 32.1. The van der Waals surface area contributed by atoms with E-state index in [-0.39, 0.29) is 18.0 Å². The van der Waals surface area contributed by atoms with E-state index in [0.29, 0.717) is 0 Å². The highest BCUT2D eigenvalue weighted by Crippen LogP contribution is 2.47. The molecular weight excluding hydrogens is 332 g/mol. The van der Waals surface area contributed by atoms with E-state index in [2.05, 4.69) is 28.6 Å². The minimum Gasteiger partial charge on any atom is -0.508 e. The van der Waals surface area contributed by atoms with E-state index in [1.807, 2.05) is 30.3 Å². The molecule has 2 aliphatic rings. The van der Waals surface area contributed by atoms with Gasteiger partial charge < -0.3 is 9.84 Å². The summed E-state index contributed by atoms with van der Waals surface area (Å²) < 4.78 is 6.28. The van der Waals surface area contributed by atoms with Crippen molar-refractivity contribution < 1.29 is 9.84 Å².